The first kappa shape index (κ1) is 15.5. The molecule has 1 aromatic carbocycles. The number of carbonyl (C=O) groups is 1. The predicted octanol–water partition coefficient (Wildman–Crippen LogP) is 2.44. The monoisotopic (exact) mass is 317 g/mol. The Balaban J connectivity index is 1.49. The molecule has 1 amide bonds. The minimum atomic E-state index is -0.247. The van der Waals surface area contributed by atoms with Gasteiger partial charge < -0.3 is 10.1 Å². The molecule has 3 aromatic rings. The number of ether oxygens (including phenoxy) is 1. The van der Waals surface area contributed by atoms with E-state index in [1.807, 2.05) is 36.4 Å². The Kier molecular flexibility index (Phi) is 5.00. The number of carbonyl (C=O) groups excluding carboxylic acids is 1. The van der Waals surface area contributed by atoms with Crippen LogP contribution in [-0.4, -0.2) is 29.0 Å². The second-order valence-electron chi connectivity index (χ2n) is 4.90. The van der Waals surface area contributed by atoms with E-state index in [9.17, 15) is 4.79 Å². The SMILES string of the molecule is O=C(NCC#CCOc1cccnc1)c1ccc2ccccc2n1. The Labute approximate surface area is 139 Å². The molecule has 0 aliphatic carbocycles. The van der Waals surface area contributed by atoms with Gasteiger partial charge in [0, 0.05) is 11.6 Å². The fourth-order valence-electron chi connectivity index (χ4n) is 2.07. The van der Waals surface area contributed by atoms with Crippen LogP contribution in [0.15, 0.2) is 60.9 Å². The van der Waals surface area contributed by atoms with Crippen molar-refractivity contribution in [3.05, 3.63) is 66.6 Å². The molecule has 0 aliphatic rings. The predicted molar refractivity (Wildman–Crippen MR) is 91.6 cm³/mol. The van der Waals surface area contributed by atoms with Gasteiger partial charge in [-0.1, -0.05) is 36.1 Å². The van der Waals surface area contributed by atoms with Crippen molar-refractivity contribution < 1.29 is 9.53 Å². The molecule has 3 rings (SSSR count). The molecule has 0 saturated carbocycles. The lowest BCUT2D eigenvalue weighted by atomic mass is 10.2. The summed E-state index contributed by atoms with van der Waals surface area (Å²) in [4.78, 5) is 20.3. The van der Waals surface area contributed by atoms with Crippen LogP contribution in [0.3, 0.4) is 0 Å². The molecule has 0 radical (unpaired) electrons. The molecule has 0 unspecified atom stereocenters. The number of nitrogens with zero attached hydrogens (tertiary/aromatic N) is 2. The van der Waals surface area contributed by atoms with E-state index in [2.05, 4.69) is 27.1 Å². The molecular weight excluding hydrogens is 302 g/mol. The van der Waals surface area contributed by atoms with Crippen LogP contribution in [-0.2, 0) is 0 Å². The first-order valence-corrected chi connectivity index (χ1v) is 7.45. The summed E-state index contributed by atoms with van der Waals surface area (Å²) in [6.07, 6.45) is 3.30. The van der Waals surface area contributed by atoms with E-state index in [-0.39, 0.29) is 19.1 Å². The van der Waals surface area contributed by atoms with Crippen molar-refractivity contribution in [1.29, 1.82) is 0 Å². The minimum absolute atomic E-state index is 0.240. The van der Waals surface area contributed by atoms with Crippen molar-refractivity contribution >= 4 is 16.8 Å². The summed E-state index contributed by atoms with van der Waals surface area (Å²) in [5.41, 5.74) is 1.17. The Bertz CT molecular complexity index is 898. The summed E-state index contributed by atoms with van der Waals surface area (Å²) in [5.74, 6) is 6.09. The number of pyridine rings is 2. The highest BCUT2D eigenvalue weighted by atomic mass is 16.5. The zero-order valence-corrected chi connectivity index (χ0v) is 12.9. The van der Waals surface area contributed by atoms with Crippen LogP contribution >= 0.6 is 0 Å². The number of fused-ring (bicyclic) bond motifs is 1. The molecule has 0 bridgehead atoms. The molecule has 2 aromatic heterocycles. The third-order valence-electron chi connectivity index (χ3n) is 3.24. The van der Waals surface area contributed by atoms with Crippen molar-refractivity contribution in [2.75, 3.05) is 13.2 Å². The molecule has 2 heterocycles. The van der Waals surface area contributed by atoms with Crippen LogP contribution in [0.5, 0.6) is 5.75 Å². The van der Waals surface area contributed by atoms with E-state index >= 15 is 0 Å². The number of hydrogen-bond acceptors (Lipinski definition) is 4. The number of para-hydroxylation sites is 1. The second-order valence-corrected chi connectivity index (χ2v) is 4.90. The van der Waals surface area contributed by atoms with Crippen molar-refractivity contribution in [3.8, 4) is 17.6 Å². The van der Waals surface area contributed by atoms with Crippen LogP contribution in [0.2, 0.25) is 0 Å². The largest absolute Gasteiger partial charge is 0.479 e. The molecule has 0 saturated heterocycles. The van der Waals surface area contributed by atoms with Gasteiger partial charge in [-0.25, -0.2) is 4.98 Å². The molecule has 24 heavy (non-hydrogen) atoms. The van der Waals surface area contributed by atoms with E-state index < -0.39 is 0 Å². The van der Waals surface area contributed by atoms with Crippen molar-refractivity contribution in [1.82, 2.24) is 15.3 Å². The lowest BCUT2D eigenvalue weighted by molar-refractivity contribution is 0.0954. The van der Waals surface area contributed by atoms with Crippen LogP contribution < -0.4 is 10.1 Å². The van der Waals surface area contributed by atoms with Crippen LogP contribution in [0.1, 0.15) is 10.5 Å². The number of benzene rings is 1. The zero-order chi connectivity index (χ0) is 16.6. The maximum atomic E-state index is 12.1. The summed E-state index contributed by atoms with van der Waals surface area (Å²) >= 11 is 0. The summed E-state index contributed by atoms with van der Waals surface area (Å²) < 4.78 is 5.38. The highest BCUT2D eigenvalue weighted by Crippen LogP contribution is 2.11. The van der Waals surface area contributed by atoms with Crippen LogP contribution in [0.25, 0.3) is 10.9 Å². The molecule has 0 fully saturated rings. The summed E-state index contributed by atoms with van der Waals surface area (Å²) in [5, 5.41) is 3.72. The van der Waals surface area contributed by atoms with Crippen molar-refractivity contribution in [3.63, 3.8) is 0 Å². The average Bonchev–Trinajstić information content (AvgIpc) is 2.65. The third kappa shape index (κ3) is 4.08. The molecule has 0 aliphatic heterocycles. The summed E-state index contributed by atoms with van der Waals surface area (Å²) in [7, 11) is 0. The lowest BCUT2D eigenvalue weighted by Crippen LogP contribution is -2.24. The summed E-state index contributed by atoms with van der Waals surface area (Å²) in [6, 6.07) is 14.8. The number of aromatic nitrogens is 2. The van der Waals surface area contributed by atoms with E-state index in [0.29, 0.717) is 11.4 Å². The molecule has 1 N–H and O–H groups in total. The quantitative estimate of drug-likeness (QED) is 0.751. The van der Waals surface area contributed by atoms with Gasteiger partial charge in [-0.15, -0.1) is 0 Å². The van der Waals surface area contributed by atoms with E-state index in [1.54, 1.807) is 24.5 Å². The van der Waals surface area contributed by atoms with Crippen molar-refractivity contribution in [2.45, 2.75) is 0 Å². The first-order chi connectivity index (χ1) is 11.8. The van der Waals surface area contributed by atoms with E-state index in [1.165, 1.54) is 0 Å². The Morgan fingerprint density at radius 3 is 2.88 bits per heavy atom. The minimum Gasteiger partial charge on any atom is -0.479 e. The fourth-order valence-corrected chi connectivity index (χ4v) is 2.07. The van der Waals surface area contributed by atoms with Crippen molar-refractivity contribution in [2.24, 2.45) is 0 Å². The average molecular weight is 317 g/mol. The Morgan fingerprint density at radius 2 is 2.00 bits per heavy atom. The van der Waals surface area contributed by atoms with E-state index in [4.69, 9.17) is 4.74 Å². The highest BCUT2D eigenvalue weighted by Gasteiger charge is 2.06. The van der Waals surface area contributed by atoms with Gasteiger partial charge in [-0.2, -0.15) is 0 Å². The molecule has 5 heteroatoms. The maximum Gasteiger partial charge on any atom is 0.270 e. The number of nitrogens with one attached hydrogen (secondary N) is 1. The van der Waals surface area contributed by atoms with Gasteiger partial charge in [0.15, 0.2) is 0 Å². The van der Waals surface area contributed by atoms with E-state index in [0.717, 1.165) is 10.9 Å². The zero-order valence-electron chi connectivity index (χ0n) is 12.9. The number of amides is 1. The molecule has 0 atom stereocenters. The highest BCUT2D eigenvalue weighted by molar-refractivity contribution is 5.94. The van der Waals surface area contributed by atoms with Crippen LogP contribution in [0, 0.1) is 11.8 Å². The smallest absolute Gasteiger partial charge is 0.270 e. The maximum absolute atomic E-state index is 12.1. The van der Waals surface area contributed by atoms with Gasteiger partial charge in [0.05, 0.1) is 18.3 Å². The molecular formula is C19H15N3O2. The topological polar surface area (TPSA) is 64.1 Å². The summed E-state index contributed by atoms with van der Waals surface area (Å²) in [6.45, 7) is 0.486. The van der Waals surface area contributed by atoms with Gasteiger partial charge in [0.2, 0.25) is 0 Å². The Morgan fingerprint density at radius 1 is 1.08 bits per heavy atom. The number of hydrogen-bond donors (Lipinski definition) is 1. The Hall–Kier alpha value is -3.39. The van der Waals surface area contributed by atoms with Gasteiger partial charge in [0.25, 0.3) is 5.91 Å². The normalized spacial score (nSPS) is 9.83. The molecule has 0 spiro atoms. The van der Waals surface area contributed by atoms with Gasteiger partial charge >= 0.3 is 0 Å². The van der Waals surface area contributed by atoms with Gasteiger partial charge in [0.1, 0.15) is 18.1 Å². The van der Waals surface area contributed by atoms with Gasteiger partial charge in [-0.05, 0) is 24.3 Å². The third-order valence-corrected chi connectivity index (χ3v) is 3.24. The fraction of sp³-hybridized carbons (Fsp3) is 0.105. The second kappa shape index (κ2) is 7.75. The number of rotatable bonds is 4. The molecule has 5 nitrogen and oxygen atoms in total. The molecule has 118 valence electrons. The van der Waals surface area contributed by atoms with Crippen LogP contribution in [0.4, 0.5) is 0 Å². The standard InChI is InChI=1S/C19H15N3O2/c23-19(18-10-9-15-6-1-2-8-17(15)22-18)21-12-3-4-13-24-16-7-5-11-20-14-16/h1-2,5-11,14H,12-13H2,(H,21,23). The lowest BCUT2D eigenvalue weighted by Gasteiger charge is -2.02. The first-order valence-electron chi connectivity index (χ1n) is 7.45. The van der Waals surface area contributed by atoms with Gasteiger partial charge in [-0.3, -0.25) is 9.78 Å².